The zero-order valence-electron chi connectivity index (χ0n) is 10.8. The van der Waals surface area contributed by atoms with Crippen molar-refractivity contribution < 1.29 is 13.2 Å². The van der Waals surface area contributed by atoms with Gasteiger partial charge in [-0.2, -0.15) is 9.57 Å². The Morgan fingerprint density at radius 1 is 1.37 bits per heavy atom. The summed E-state index contributed by atoms with van der Waals surface area (Å²) in [5, 5.41) is 10.9. The molecule has 102 valence electrons. The number of benzene rings is 1. The number of hydrogen-bond acceptors (Lipinski definition) is 4. The van der Waals surface area contributed by atoms with Crippen molar-refractivity contribution in [1.82, 2.24) is 9.62 Å². The van der Waals surface area contributed by atoms with Gasteiger partial charge in [-0.15, -0.1) is 0 Å². The van der Waals surface area contributed by atoms with Crippen LogP contribution in [0.15, 0.2) is 29.2 Å². The Balaban J connectivity index is 2.94. The van der Waals surface area contributed by atoms with Crippen LogP contribution in [0.2, 0.25) is 0 Å². The number of hydrogen-bond donors (Lipinski definition) is 1. The molecule has 1 rings (SSSR count). The molecule has 7 heteroatoms. The van der Waals surface area contributed by atoms with E-state index in [0.29, 0.717) is 0 Å². The van der Waals surface area contributed by atoms with E-state index >= 15 is 0 Å². The summed E-state index contributed by atoms with van der Waals surface area (Å²) in [7, 11) is -0.901. The van der Waals surface area contributed by atoms with Gasteiger partial charge in [0.05, 0.1) is 23.9 Å². The van der Waals surface area contributed by atoms with Crippen molar-refractivity contribution in [2.24, 2.45) is 0 Å². The highest BCUT2D eigenvalue weighted by atomic mass is 32.2. The van der Waals surface area contributed by atoms with Crippen LogP contribution in [0, 0.1) is 11.3 Å². The molecule has 0 radical (unpaired) electrons. The first-order chi connectivity index (χ1) is 8.91. The second-order valence-corrected chi connectivity index (χ2v) is 5.96. The molecule has 1 aromatic carbocycles. The average molecular weight is 281 g/mol. The van der Waals surface area contributed by atoms with Crippen LogP contribution in [0.4, 0.5) is 0 Å². The highest BCUT2D eigenvalue weighted by Crippen LogP contribution is 2.15. The average Bonchev–Trinajstić information content (AvgIpc) is 2.39. The maximum Gasteiger partial charge on any atom is 0.243 e. The molecule has 0 aliphatic rings. The molecule has 0 fully saturated rings. The highest BCUT2D eigenvalue weighted by Gasteiger charge is 2.22. The molecule has 0 aliphatic carbocycles. The zero-order chi connectivity index (χ0) is 14.5. The minimum atomic E-state index is -3.69. The number of carbonyl (C=O) groups is 1. The largest absolute Gasteiger partial charge is 0.358 e. The molecule has 0 spiro atoms. The molecule has 0 bridgehead atoms. The summed E-state index contributed by atoms with van der Waals surface area (Å²) in [5.41, 5.74) is 0.746. The summed E-state index contributed by atoms with van der Waals surface area (Å²) in [6, 6.07) is 8.03. The summed E-state index contributed by atoms with van der Waals surface area (Å²) in [6.45, 7) is -0.237. The molecule has 0 unspecified atom stereocenters. The van der Waals surface area contributed by atoms with E-state index in [-0.39, 0.29) is 23.8 Å². The number of amides is 1. The first-order valence-electron chi connectivity index (χ1n) is 5.54. The molecular weight excluding hydrogens is 266 g/mol. The summed E-state index contributed by atoms with van der Waals surface area (Å²) >= 11 is 0. The van der Waals surface area contributed by atoms with Crippen molar-refractivity contribution in [2.45, 2.75) is 11.3 Å². The van der Waals surface area contributed by atoms with Crippen LogP contribution in [0.3, 0.4) is 0 Å². The molecule has 1 aromatic rings. The summed E-state index contributed by atoms with van der Waals surface area (Å²) in [5.74, 6) is -0.382. The Morgan fingerprint density at radius 2 is 1.95 bits per heavy atom. The van der Waals surface area contributed by atoms with Crippen LogP contribution in [0.25, 0.3) is 0 Å². The Labute approximate surface area is 112 Å². The van der Waals surface area contributed by atoms with Crippen molar-refractivity contribution in [3.63, 3.8) is 0 Å². The molecule has 1 N–H and O–H groups in total. The smallest absolute Gasteiger partial charge is 0.243 e. The predicted molar refractivity (Wildman–Crippen MR) is 69.6 cm³/mol. The second-order valence-electron chi connectivity index (χ2n) is 3.91. The van der Waals surface area contributed by atoms with Crippen LogP contribution in [0.1, 0.15) is 5.56 Å². The Kier molecular flexibility index (Phi) is 5.03. The first-order valence-corrected chi connectivity index (χ1v) is 6.98. The molecule has 0 aliphatic heterocycles. The van der Waals surface area contributed by atoms with Gasteiger partial charge in [-0.05, 0) is 17.7 Å². The number of likely N-dealkylation sites (N-methyl/N-ethyl adjacent to an activating group) is 2. The minimum absolute atomic E-state index is 0.0978. The third kappa shape index (κ3) is 3.77. The van der Waals surface area contributed by atoms with Crippen molar-refractivity contribution in [3.8, 4) is 6.07 Å². The van der Waals surface area contributed by atoms with Crippen LogP contribution >= 0.6 is 0 Å². The summed E-state index contributed by atoms with van der Waals surface area (Å²) in [6.07, 6.45) is 0.231. The molecule has 19 heavy (non-hydrogen) atoms. The molecule has 0 aromatic heterocycles. The van der Waals surface area contributed by atoms with Gasteiger partial charge in [0.1, 0.15) is 0 Å². The van der Waals surface area contributed by atoms with Crippen molar-refractivity contribution in [3.05, 3.63) is 29.8 Å². The Hall–Kier alpha value is -1.91. The lowest BCUT2D eigenvalue weighted by Crippen LogP contribution is -2.36. The SMILES string of the molecule is CNC(=O)CN(C)S(=O)(=O)c1ccc(CC#N)cc1. The summed E-state index contributed by atoms with van der Waals surface area (Å²) < 4.78 is 25.2. The number of nitrogens with one attached hydrogen (secondary N) is 1. The van der Waals surface area contributed by atoms with Gasteiger partial charge in [-0.3, -0.25) is 4.79 Å². The second kappa shape index (κ2) is 6.31. The maximum absolute atomic E-state index is 12.1. The van der Waals surface area contributed by atoms with Crippen molar-refractivity contribution >= 4 is 15.9 Å². The van der Waals surface area contributed by atoms with Crippen LogP contribution in [-0.2, 0) is 21.2 Å². The van der Waals surface area contributed by atoms with E-state index in [2.05, 4.69) is 5.32 Å². The van der Waals surface area contributed by atoms with E-state index in [9.17, 15) is 13.2 Å². The predicted octanol–water partition coefficient (Wildman–Crippen LogP) is 0.119. The first kappa shape index (κ1) is 15.1. The number of nitriles is 1. The lowest BCUT2D eigenvalue weighted by atomic mass is 10.2. The van der Waals surface area contributed by atoms with Gasteiger partial charge in [0.15, 0.2) is 0 Å². The quantitative estimate of drug-likeness (QED) is 0.830. The maximum atomic E-state index is 12.1. The number of rotatable bonds is 5. The molecule has 1 amide bonds. The molecule has 0 atom stereocenters. The zero-order valence-corrected chi connectivity index (χ0v) is 11.6. The third-order valence-corrected chi connectivity index (χ3v) is 4.38. The van der Waals surface area contributed by atoms with Gasteiger partial charge in [0.2, 0.25) is 15.9 Å². The van der Waals surface area contributed by atoms with Gasteiger partial charge < -0.3 is 5.32 Å². The topological polar surface area (TPSA) is 90.3 Å². The van der Waals surface area contributed by atoms with Crippen molar-refractivity contribution in [2.75, 3.05) is 20.6 Å². The van der Waals surface area contributed by atoms with E-state index in [1.165, 1.54) is 26.2 Å². The fourth-order valence-electron chi connectivity index (χ4n) is 1.42. The van der Waals surface area contributed by atoms with E-state index in [0.717, 1.165) is 9.87 Å². The third-order valence-electron chi connectivity index (χ3n) is 2.56. The van der Waals surface area contributed by atoms with E-state index < -0.39 is 10.0 Å². The normalized spacial score (nSPS) is 11.1. The van der Waals surface area contributed by atoms with E-state index in [4.69, 9.17) is 5.26 Å². The van der Waals surface area contributed by atoms with E-state index in [1.807, 2.05) is 6.07 Å². The lowest BCUT2D eigenvalue weighted by molar-refractivity contribution is -0.120. The molecule has 0 saturated carbocycles. The monoisotopic (exact) mass is 281 g/mol. The van der Waals surface area contributed by atoms with Crippen LogP contribution in [0.5, 0.6) is 0 Å². The molecular formula is C12H15N3O3S. The Bertz CT molecular complexity index is 588. The fraction of sp³-hybridized carbons (Fsp3) is 0.333. The van der Waals surface area contributed by atoms with Gasteiger partial charge in [0.25, 0.3) is 0 Å². The number of carbonyl (C=O) groups excluding carboxylic acids is 1. The highest BCUT2D eigenvalue weighted by molar-refractivity contribution is 7.89. The van der Waals surface area contributed by atoms with Crippen molar-refractivity contribution in [1.29, 1.82) is 5.26 Å². The number of sulfonamides is 1. The number of nitrogens with zero attached hydrogens (tertiary/aromatic N) is 2. The Morgan fingerprint density at radius 3 is 2.42 bits per heavy atom. The lowest BCUT2D eigenvalue weighted by Gasteiger charge is -2.16. The standard InChI is InChI=1S/C12H15N3O3S/c1-14-12(16)9-15(2)19(17,18)11-5-3-10(4-6-11)7-8-13/h3-6H,7,9H2,1-2H3,(H,14,16). The van der Waals surface area contributed by atoms with Gasteiger partial charge in [-0.1, -0.05) is 12.1 Å². The van der Waals surface area contributed by atoms with Gasteiger partial charge >= 0.3 is 0 Å². The van der Waals surface area contributed by atoms with Gasteiger partial charge in [0, 0.05) is 14.1 Å². The molecule has 6 nitrogen and oxygen atoms in total. The fourth-order valence-corrected chi connectivity index (χ4v) is 2.54. The van der Waals surface area contributed by atoms with Crippen LogP contribution in [-0.4, -0.2) is 39.3 Å². The molecule has 0 heterocycles. The molecule has 0 saturated heterocycles. The van der Waals surface area contributed by atoms with Crippen LogP contribution < -0.4 is 5.32 Å². The minimum Gasteiger partial charge on any atom is -0.358 e. The van der Waals surface area contributed by atoms with E-state index in [1.54, 1.807) is 12.1 Å². The van der Waals surface area contributed by atoms with Gasteiger partial charge in [-0.25, -0.2) is 8.42 Å². The summed E-state index contributed by atoms with van der Waals surface area (Å²) in [4.78, 5) is 11.3.